The van der Waals surface area contributed by atoms with E-state index in [1.54, 1.807) is 0 Å². The lowest BCUT2D eigenvalue weighted by molar-refractivity contribution is -0.474. The van der Waals surface area contributed by atoms with Gasteiger partial charge in [-0.25, -0.2) is 0 Å². The molecule has 2 aliphatic rings. The Kier molecular flexibility index (Phi) is 3.91. The van der Waals surface area contributed by atoms with Gasteiger partial charge in [0.15, 0.2) is 12.4 Å². The number of hydrogen-bond acceptors (Lipinski definition) is 0. The molecule has 0 fully saturated rings. The molecule has 2 heterocycles. The largest absolute Gasteiger partial charge is 0.290 e. The van der Waals surface area contributed by atoms with Crippen LogP contribution in [0.1, 0.15) is 23.5 Å². The van der Waals surface area contributed by atoms with Crippen LogP contribution < -0.4 is 9.46 Å². The van der Waals surface area contributed by atoms with Crippen LogP contribution in [0.3, 0.4) is 0 Å². The predicted octanol–water partition coefficient (Wildman–Crippen LogP) is 4.44. The van der Waals surface area contributed by atoms with Gasteiger partial charge in [0.2, 0.25) is 0 Å². The molecule has 1 aliphatic carbocycles. The molecule has 0 bridgehead atoms. The maximum absolute atomic E-state index is 4.27. The molecule has 0 radical (unpaired) electrons. The molecule has 0 spiro atoms. The normalized spacial score (nSPS) is 17.9. The second kappa shape index (κ2) is 6.58. The number of nitrogens with zero attached hydrogens (tertiary/aromatic N) is 2. The molecule has 134 valence electrons. The summed E-state index contributed by atoms with van der Waals surface area (Å²) in [5.74, 6) is 0.212. The first-order valence-corrected chi connectivity index (χ1v) is 9.59. The first-order valence-electron chi connectivity index (χ1n) is 9.59. The fraction of sp³-hybridized carbons (Fsp3) is 0.0769. The van der Waals surface area contributed by atoms with Crippen molar-refractivity contribution in [1.82, 2.24) is 0 Å². The molecular formula is C26H22N2+2. The van der Waals surface area contributed by atoms with E-state index in [9.17, 15) is 0 Å². The highest BCUT2D eigenvalue weighted by molar-refractivity contribution is 5.90. The summed E-state index contributed by atoms with van der Waals surface area (Å²) in [6.07, 6.45) is 16.1. The second-order valence-corrected chi connectivity index (χ2v) is 7.29. The second-order valence-electron chi connectivity index (χ2n) is 7.29. The van der Waals surface area contributed by atoms with Gasteiger partial charge in [0, 0.05) is 22.8 Å². The molecule has 0 N–H and O–H groups in total. The number of pyridine rings is 1. The average Bonchev–Trinajstić information content (AvgIpc) is 2.75. The quantitative estimate of drug-likeness (QED) is 0.566. The predicted molar refractivity (Wildman–Crippen MR) is 115 cm³/mol. The van der Waals surface area contributed by atoms with Crippen LogP contribution in [0.5, 0.6) is 0 Å². The highest BCUT2D eigenvalue weighted by atomic mass is 15.0. The van der Waals surface area contributed by atoms with Gasteiger partial charge in [-0.05, 0) is 29.7 Å². The molecule has 1 aliphatic heterocycles. The molecule has 3 aromatic rings. The van der Waals surface area contributed by atoms with Gasteiger partial charge >= 0.3 is 0 Å². The molecule has 1 atom stereocenters. The van der Waals surface area contributed by atoms with Crippen molar-refractivity contribution in [3.63, 3.8) is 0 Å². The standard InChI is InChI=1S/C26H22N2/c1-27-17-15-21(19-9-5-3-6-10-19)23-13-14-24-22(20-11-7-4-8-12-20)16-18-28(2)26(24)25(23)27/h3,5-18,21H,1-2,4H2/q+2. The van der Waals surface area contributed by atoms with Crippen molar-refractivity contribution in [2.45, 2.75) is 12.3 Å². The Morgan fingerprint density at radius 1 is 0.893 bits per heavy atom. The highest BCUT2D eigenvalue weighted by Gasteiger charge is 2.31. The minimum atomic E-state index is 0.212. The zero-order chi connectivity index (χ0) is 19.1. The summed E-state index contributed by atoms with van der Waals surface area (Å²) in [7, 11) is 0. The molecule has 2 heteroatoms. The van der Waals surface area contributed by atoms with Crippen LogP contribution in [-0.4, -0.2) is 11.3 Å². The van der Waals surface area contributed by atoms with Gasteiger partial charge in [-0.3, -0.25) is 0 Å². The Hall–Kier alpha value is -3.52. The molecule has 1 unspecified atom stereocenters. The van der Waals surface area contributed by atoms with Gasteiger partial charge < -0.3 is 0 Å². The van der Waals surface area contributed by atoms with Gasteiger partial charge in [0.25, 0.3) is 11.2 Å². The van der Waals surface area contributed by atoms with E-state index in [2.05, 4.69) is 98.5 Å². The summed E-state index contributed by atoms with van der Waals surface area (Å²) in [5, 5.41) is 2.42. The molecule has 5 rings (SSSR count). The van der Waals surface area contributed by atoms with Gasteiger partial charge in [0.1, 0.15) is 13.4 Å². The van der Waals surface area contributed by atoms with Crippen molar-refractivity contribution in [1.29, 1.82) is 0 Å². The van der Waals surface area contributed by atoms with E-state index < -0.39 is 0 Å². The molecule has 0 saturated carbocycles. The summed E-state index contributed by atoms with van der Waals surface area (Å²) < 4.78 is 3.94. The van der Waals surface area contributed by atoms with Crippen molar-refractivity contribution in [2.24, 2.45) is 0 Å². The van der Waals surface area contributed by atoms with Crippen LogP contribution >= 0.6 is 0 Å². The Balaban J connectivity index is 1.86. The van der Waals surface area contributed by atoms with Gasteiger partial charge in [-0.2, -0.15) is 8.82 Å². The summed E-state index contributed by atoms with van der Waals surface area (Å²) >= 11 is 0. The maximum Gasteiger partial charge on any atom is 0.290 e. The third-order valence-electron chi connectivity index (χ3n) is 5.60. The number of allylic oxidation sites excluding steroid dienone is 5. The van der Waals surface area contributed by atoms with Crippen LogP contribution in [0, 0.1) is 6.72 Å². The molecule has 2 aromatic carbocycles. The lowest BCUT2D eigenvalue weighted by Gasteiger charge is -2.18. The molecule has 0 saturated heterocycles. The Bertz CT molecular complexity index is 1290. The zero-order valence-electron chi connectivity index (χ0n) is 15.8. The van der Waals surface area contributed by atoms with E-state index in [0.29, 0.717) is 0 Å². The minimum Gasteiger partial charge on any atom is -0.168 e. The van der Waals surface area contributed by atoms with Gasteiger partial charge in [-0.1, -0.05) is 60.7 Å². The average molecular weight is 362 g/mol. The third kappa shape index (κ3) is 2.57. The van der Waals surface area contributed by atoms with Gasteiger partial charge in [-0.15, -0.1) is 0 Å². The van der Waals surface area contributed by atoms with Crippen LogP contribution in [0.15, 0.2) is 91.3 Å². The number of benzene rings is 2. The van der Waals surface area contributed by atoms with E-state index in [1.807, 2.05) is 15.0 Å². The Morgan fingerprint density at radius 3 is 2.46 bits per heavy atom. The van der Waals surface area contributed by atoms with Crippen LogP contribution in [0.25, 0.3) is 16.5 Å². The van der Waals surface area contributed by atoms with Gasteiger partial charge in [0.05, 0.1) is 5.39 Å². The molecule has 2 nitrogen and oxygen atoms in total. The van der Waals surface area contributed by atoms with E-state index in [-0.39, 0.29) is 5.92 Å². The van der Waals surface area contributed by atoms with Crippen LogP contribution in [0.4, 0.5) is 5.69 Å². The van der Waals surface area contributed by atoms with Crippen LogP contribution in [-0.2, 0) is 0 Å². The Labute approximate surface area is 164 Å². The van der Waals surface area contributed by atoms with E-state index in [0.717, 1.165) is 17.6 Å². The van der Waals surface area contributed by atoms with Crippen molar-refractivity contribution < 1.29 is 8.82 Å². The van der Waals surface area contributed by atoms with Crippen molar-refractivity contribution in [3.8, 4) is 0 Å². The smallest absolute Gasteiger partial charge is 0.168 e. The van der Waals surface area contributed by atoms with Crippen molar-refractivity contribution in [2.75, 3.05) is 0 Å². The minimum absolute atomic E-state index is 0.212. The number of hydrogen-bond donors (Lipinski definition) is 0. The zero-order valence-corrected chi connectivity index (χ0v) is 15.8. The van der Waals surface area contributed by atoms with Crippen molar-refractivity contribution in [3.05, 3.63) is 114 Å². The number of fused-ring (bicyclic) bond motifs is 3. The fourth-order valence-corrected chi connectivity index (χ4v) is 4.26. The third-order valence-corrected chi connectivity index (χ3v) is 5.60. The summed E-state index contributed by atoms with van der Waals surface area (Å²) in [5.41, 5.74) is 6.00. The first kappa shape index (κ1) is 16.6. The number of aromatic nitrogens is 1. The fourth-order valence-electron chi connectivity index (χ4n) is 4.26. The highest BCUT2D eigenvalue weighted by Crippen LogP contribution is 2.39. The van der Waals surface area contributed by atoms with Crippen LogP contribution in [0.2, 0.25) is 0 Å². The summed E-state index contributed by atoms with van der Waals surface area (Å²) in [4.78, 5) is 0. The molecule has 0 amide bonds. The molecule has 28 heavy (non-hydrogen) atoms. The SMILES string of the molecule is C=[N+]1C=CC(c2ccccc2)c2ccc3c(=C4C=CCC=C4)cc[n+](=C)c3c21. The van der Waals surface area contributed by atoms with E-state index >= 15 is 0 Å². The topological polar surface area (TPSA) is 8.91 Å². The Morgan fingerprint density at radius 2 is 1.68 bits per heavy atom. The van der Waals surface area contributed by atoms with E-state index in [1.165, 1.54) is 27.3 Å². The summed E-state index contributed by atoms with van der Waals surface area (Å²) in [6.45, 7) is 8.54. The molecular weight excluding hydrogens is 340 g/mol. The lowest BCUT2D eigenvalue weighted by atomic mass is 9.87. The lowest BCUT2D eigenvalue weighted by Crippen LogP contribution is -2.23. The molecule has 1 aromatic heterocycles. The van der Waals surface area contributed by atoms with E-state index in [4.69, 9.17) is 0 Å². The monoisotopic (exact) mass is 362 g/mol. The number of rotatable bonds is 1. The first-order chi connectivity index (χ1) is 13.7. The summed E-state index contributed by atoms with van der Waals surface area (Å²) in [6, 6.07) is 17.3. The maximum atomic E-state index is 4.27. The van der Waals surface area contributed by atoms with Crippen molar-refractivity contribution >= 4 is 28.9 Å².